The summed E-state index contributed by atoms with van der Waals surface area (Å²) in [5, 5.41) is 0.972. The molecule has 0 aliphatic carbocycles. The highest BCUT2D eigenvalue weighted by Crippen LogP contribution is 2.16. The third kappa shape index (κ3) is 4.49. The Labute approximate surface area is 175 Å². The Hall–Kier alpha value is -3.66. The van der Waals surface area contributed by atoms with Crippen LogP contribution in [0.25, 0.3) is 10.9 Å². The van der Waals surface area contributed by atoms with E-state index in [1.165, 1.54) is 0 Å². The third-order valence-corrected chi connectivity index (χ3v) is 5.26. The van der Waals surface area contributed by atoms with Crippen molar-refractivity contribution in [3.63, 3.8) is 0 Å². The van der Waals surface area contributed by atoms with E-state index in [0.29, 0.717) is 17.7 Å². The van der Waals surface area contributed by atoms with Gasteiger partial charge in [0.1, 0.15) is 0 Å². The Kier molecular flexibility index (Phi) is 5.75. The van der Waals surface area contributed by atoms with Gasteiger partial charge in [-0.15, -0.1) is 0 Å². The largest absolute Gasteiger partial charge is 0.334 e. The molecule has 1 aromatic heterocycles. The van der Waals surface area contributed by atoms with E-state index in [4.69, 9.17) is 0 Å². The highest BCUT2D eigenvalue weighted by molar-refractivity contribution is 5.94. The Morgan fingerprint density at radius 1 is 0.900 bits per heavy atom. The molecule has 4 aromatic rings. The van der Waals surface area contributed by atoms with Crippen molar-refractivity contribution >= 4 is 16.8 Å². The first kappa shape index (κ1) is 19.6. The molecule has 0 saturated carbocycles. The zero-order chi connectivity index (χ0) is 20.9. The van der Waals surface area contributed by atoms with E-state index in [0.717, 1.165) is 28.5 Å². The fraction of sp³-hybridized carbons (Fsp3) is 0.154. The van der Waals surface area contributed by atoms with Crippen LogP contribution in [0.5, 0.6) is 0 Å². The molecule has 3 aromatic carbocycles. The van der Waals surface area contributed by atoms with Crippen LogP contribution in [0.1, 0.15) is 27.0 Å². The molecule has 30 heavy (non-hydrogen) atoms. The molecule has 4 nitrogen and oxygen atoms in total. The first-order valence-corrected chi connectivity index (χ1v) is 10.1. The molecule has 0 aliphatic rings. The molecule has 0 bridgehead atoms. The quantitative estimate of drug-likeness (QED) is 0.513. The van der Waals surface area contributed by atoms with Crippen LogP contribution < -0.4 is 5.56 Å². The number of nitrogens with zero attached hydrogens (tertiary/aromatic N) is 1. The van der Waals surface area contributed by atoms with E-state index in [-0.39, 0.29) is 18.0 Å². The molecule has 0 unspecified atom stereocenters. The number of aryl methyl sites for hydroxylation is 1. The molecule has 0 aliphatic heterocycles. The number of aromatic amines is 1. The van der Waals surface area contributed by atoms with Gasteiger partial charge < -0.3 is 9.88 Å². The van der Waals surface area contributed by atoms with Crippen molar-refractivity contribution in [2.45, 2.75) is 19.9 Å². The molecule has 0 radical (unpaired) electrons. The van der Waals surface area contributed by atoms with E-state index in [1.54, 1.807) is 4.90 Å². The number of pyridine rings is 1. The normalized spacial score (nSPS) is 10.8. The molecular weight excluding hydrogens is 372 g/mol. The average Bonchev–Trinajstić information content (AvgIpc) is 2.78. The maximum absolute atomic E-state index is 13.2. The predicted molar refractivity (Wildman–Crippen MR) is 121 cm³/mol. The summed E-state index contributed by atoms with van der Waals surface area (Å²) in [6.07, 6.45) is 0.726. The maximum atomic E-state index is 13.2. The molecular formula is C26H24N2O2. The highest BCUT2D eigenvalue weighted by atomic mass is 16.2. The Morgan fingerprint density at radius 2 is 1.60 bits per heavy atom. The second kappa shape index (κ2) is 8.78. The maximum Gasteiger partial charge on any atom is 0.254 e. The molecule has 4 rings (SSSR count). The molecule has 0 fully saturated rings. The SMILES string of the molecule is Cc1ccc2[nH]c(=O)c(CN(CCc3ccccc3)C(=O)c3ccccc3)cc2c1. The lowest BCUT2D eigenvalue weighted by Gasteiger charge is -2.23. The number of amides is 1. The van der Waals surface area contributed by atoms with Crippen LogP contribution in [0.3, 0.4) is 0 Å². The number of carbonyl (C=O) groups excluding carboxylic acids is 1. The molecule has 1 N–H and O–H groups in total. The summed E-state index contributed by atoms with van der Waals surface area (Å²) in [6, 6.07) is 27.1. The topological polar surface area (TPSA) is 53.2 Å². The van der Waals surface area contributed by atoms with Gasteiger partial charge in [-0.1, -0.05) is 60.2 Å². The van der Waals surface area contributed by atoms with Crippen LogP contribution in [0.2, 0.25) is 0 Å². The van der Waals surface area contributed by atoms with Gasteiger partial charge in [0.25, 0.3) is 11.5 Å². The zero-order valence-electron chi connectivity index (χ0n) is 17.0. The number of aromatic nitrogens is 1. The van der Waals surface area contributed by atoms with Crippen LogP contribution in [0.4, 0.5) is 0 Å². The van der Waals surface area contributed by atoms with Crippen molar-refractivity contribution in [2.24, 2.45) is 0 Å². The van der Waals surface area contributed by atoms with E-state index in [2.05, 4.69) is 17.1 Å². The van der Waals surface area contributed by atoms with Crippen LogP contribution in [0, 0.1) is 6.92 Å². The minimum atomic E-state index is -0.156. The molecule has 0 saturated heterocycles. The summed E-state index contributed by atoms with van der Waals surface area (Å²) in [5.74, 6) is -0.0738. The zero-order valence-corrected chi connectivity index (χ0v) is 17.0. The van der Waals surface area contributed by atoms with Crippen LogP contribution in [-0.2, 0) is 13.0 Å². The number of fused-ring (bicyclic) bond motifs is 1. The monoisotopic (exact) mass is 396 g/mol. The first-order valence-electron chi connectivity index (χ1n) is 10.1. The molecule has 4 heteroatoms. The highest BCUT2D eigenvalue weighted by Gasteiger charge is 2.18. The van der Waals surface area contributed by atoms with Gasteiger partial charge in [0.15, 0.2) is 0 Å². The van der Waals surface area contributed by atoms with E-state index in [1.807, 2.05) is 79.7 Å². The lowest BCUT2D eigenvalue weighted by Crippen LogP contribution is -2.34. The van der Waals surface area contributed by atoms with E-state index >= 15 is 0 Å². The summed E-state index contributed by atoms with van der Waals surface area (Å²) < 4.78 is 0. The fourth-order valence-electron chi connectivity index (χ4n) is 3.62. The van der Waals surface area contributed by atoms with Gasteiger partial charge in [-0.05, 0) is 54.6 Å². The number of H-pyrrole nitrogens is 1. The van der Waals surface area contributed by atoms with Crippen molar-refractivity contribution < 1.29 is 4.79 Å². The van der Waals surface area contributed by atoms with Crippen molar-refractivity contribution in [1.82, 2.24) is 9.88 Å². The second-order valence-electron chi connectivity index (χ2n) is 7.54. The summed E-state index contributed by atoms with van der Waals surface area (Å²) in [5.41, 5.74) is 4.15. The van der Waals surface area contributed by atoms with E-state index < -0.39 is 0 Å². The number of rotatable bonds is 6. The number of hydrogen-bond acceptors (Lipinski definition) is 2. The van der Waals surface area contributed by atoms with Gasteiger partial charge in [0, 0.05) is 23.2 Å². The lowest BCUT2D eigenvalue weighted by molar-refractivity contribution is 0.0744. The molecule has 1 amide bonds. The standard InChI is InChI=1S/C26H24N2O2/c1-19-12-13-24-22(16-19)17-23(25(29)27-24)18-28(15-14-20-8-4-2-5-9-20)26(30)21-10-6-3-7-11-21/h2-13,16-17H,14-15,18H2,1H3,(H,27,29). The van der Waals surface area contributed by atoms with Crippen molar-refractivity contribution in [3.8, 4) is 0 Å². The minimum absolute atomic E-state index is 0.0738. The summed E-state index contributed by atoms with van der Waals surface area (Å²) in [4.78, 5) is 30.6. The molecule has 0 atom stereocenters. The van der Waals surface area contributed by atoms with Crippen molar-refractivity contribution in [2.75, 3.05) is 6.54 Å². The molecule has 1 heterocycles. The fourth-order valence-corrected chi connectivity index (χ4v) is 3.62. The average molecular weight is 396 g/mol. The van der Waals surface area contributed by atoms with Crippen LogP contribution >= 0.6 is 0 Å². The first-order chi connectivity index (χ1) is 14.6. The van der Waals surface area contributed by atoms with Crippen molar-refractivity contribution in [1.29, 1.82) is 0 Å². The van der Waals surface area contributed by atoms with E-state index in [9.17, 15) is 9.59 Å². The number of carbonyl (C=O) groups is 1. The Bertz CT molecular complexity index is 1210. The van der Waals surface area contributed by atoms with Crippen LogP contribution in [-0.4, -0.2) is 22.3 Å². The molecule has 150 valence electrons. The van der Waals surface area contributed by atoms with Crippen LogP contribution in [0.15, 0.2) is 89.7 Å². The minimum Gasteiger partial charge on any atom is -0.334 e. The molecule has 0 spiro atoms. The summed E-state index contributed by atoms with van der Waals surface area (Å²) in [7, 11) is 0. The van der Waals surface area contributed by atoms with Crippen molar-refractivity contribution in [3.05, 3.63) is 118 Å². The lowest BCUT2D eigenvalue weighted by atomic mass is 10.1. The smallest absolute Gasteiger partial charge is 0.254 e. The number of hydrogen-bond donors (Lipinski definition) is 1. The number of nitrogens with one attached hydrogen (secondary N) is 1. The van der Waals surface area contributed by atoms with Gasteiger partial charge in [-0.25, -0.2) is 0 Å². The summed E-state index contributed by atoms with van der Waals surface area (Å²) in [6.45, 7) is 2.82. The Balaban J connectivity index is 1.65. The van der Waals surface area contributed by atoms with Gasteiger partial charge in [-0.2, -0.15) is 0 Å². The third-order valence-electron chi connectivity index (χ3n) is 5.26. The van der Waals surface area contributed by atoms with Gasteiger partial charge in [0.05, 0.1) is 6.54 Å². The number of benzene rings is 3. The Morgan fingerprint density at radius 3 is 2.33 bits per heavy atom. The second-order valence-corrected chi connectivity index (χ2v) is 7.54. The summed E-state index contributed by atoms with van der Waals surface area (Å²) >= 11 is 0. The predicted octanol–water partition coefficient (Wildman–Crippen LogP) is 4.72. The van der Waals surface area contributed by atoms with Gasteiger partial charge in [0.2, 0.25) is 0 Å². The van der Waals surface area contributed by atoms with Gasteiger partial charge >= 0.3 is 0 Å². The van der Waals surface area contributed by atoms with Gasteiger partial charge in [-0.3, -0.25) is 9.59 Å².